The molecule has 0 saturated heterocycles. The molecule has 0 bridgehead atoms. The third-order valence-corrected chi connectivity index (χ3v) is 8.75. The van der Waals surface area contributed by atoms with Crippen LogP contribution in [0.1, 0.15) is 38.9 Å². The largest absolute Gasteiger partial charge is 0.311 e. The van der Waals surface area contributed by atoms with Gasteiger partial charge in [-0.05, 0) is 87.8 Å². The van der Waals surface area contributed by atoms with Crippen molar-refractivity contribution in [3.63, 3.8) is 0 Å². The standard InChI is InChI=1S/C49H39N/c1-38-12-32-47(33-13-38)50(48-34-24-43(25-35-48)17-15-40-10-6-3-7-11-40)49-36-26-44(27-37-49)19-18-42-22-30-46(31-23-42)45-28-20-41(21-29-45)16-14-39-8-4-2-5-9-39/h2-37H,1H3. The minimum Gasteiger partial charge on any atom is -0.311 e. The molecule has 0 aliphatic rings. The maximum absolute atomic E-state index is 2.31. The Hall–Kier alpha value is -6.44. The van der Waals surface area contributed by atoms with Gasteiger partial charge in [0.05, 0.1) is 0 Å². The number of rotatable bonds is 10. The second-order valence-corrected chi connectivity index (χ2v) is 12.4. The lowest BCUT2D eigenvalue weighted by molar-refractivity contribution is 1.27. The quantitative estimate of drug-likeness (QED) is 0.134. The first-order valence-corrected chi connectivity index (χ1v) is 17.1. The van der Waals surface area contributed by atoms with Gasteiger partial charge in [0.15, 0.2) is 0 Å². The predicted molar refractivity (Wildman–Crippen MR) is 217 cm³/mol. The Morgan fingerprint density at radius 2 is 0.540 bits per heavy atom. The molecule has 0 aliphatic carbocycles. The molecule has 7 rings (SSSR count). The van der Waals surface area contributed by atoms with E-state index in [4.69, 9.17) is 0 Å². The first-order chi connectivity index (χ1) is 24.7. The second kappa shape index (κ2) is 15.6. The van der Waals surface area contributed by atoms with E-state index in [1.54, 1.807) is 0 Å². The average Bonchev–Trinajstić information content (AvgIpc) is 3.18. The van der Waals surface area contributed by atoms with E-state index in [0.29, 0.717) is 0 Å². The van der Waals surface area contributed by atoms with Crippen molar-refractivity contribution in [1.82, 2.24) is 0 Å². The van der Waals surface area contributed by atoms with Crippen LogP contribution in [0.3, 0.4) is 0 Å². The summed E-state index contributed by atoms with van der Waals surface area (Å²) in [7, 11) is 0. The van der Waals surface area contributed by atoms with Crippen molar-refractivity contribution in [3.05, 3.63) is 221 Å². The van der Waals surface area contributed by atoms with Crippen molar-refractivity contribution in [1.29, 1.82) is 0 Å². The van der Waals surface area contributed by atoms with Crippen LogP contribution in [-0.2, 0) is 0 Å². The molecule has 0 spiro atoms. The van der Waals surface area contributed by atoms with Crippen LogP contribution in [0, 0.1) is 6.92 Å². The van der Waals surface area contributed by atoms with Crippen LogP contribution in [0.4, 0.5) is 17.1 Å². The average molecular weight is 642 g/mol. The van der Waals surface area contributed by atoms with Crippen LogP contribution >= 0.6 is 0 Å². The van der Waals surface area contributed by atoms with Crippen LogP contribution in [0.2, 0.25) is 0 Å². The molecule has 0 atom stereocenters. The Bertz CT molecular complexity index is 2190. The number of anilines is 3. The Balaban J connectivity index is 1.04. The van der Waals surface area contributed by atoms with Crippen LogP contribution < -0.4 is 4.90 Å². The minimum atomic E-state index is 1.12. The highest BCUT2D eigenvalue weighted by atomic mass is 15.1. The Labute approximate surface area is 296 Å². The van der Waals surface area contributed by atoms with Crippen molar-refractivity contribution >= 4 is 53.5 Å². The van der Waals surface area contributed by atoms with E-state index in [-0.39, 0.29) is 0 Å². The van der Waals surface area contributed by atoms with Crippen LogP contribution in [0.25, 0.3) is 47.6 Å². The van der Waals surface area contributed by atoms with E-state index in [1.165, 1.54) is 44.5 Å². The molecule has 1 heteroatoms. The molecule has 50 heavy (non-hydrogen) atoms. The molecule has 0 aromatic heterocycles. The van der Waals surface area contributed by atoms with Crippen LogP contribution in [0.5, 0.6) is 0 Å². The summed E-state index contributed by atoms with van der Waals surface area (Å²) >= 11 is 0. The van der Waals surface area contributed by atoms with Gasteiger partial charge in [-0.2, -0.15) is 0 Å². The summed E-state index contributed by atoms with van der Waals surface area (Å²) in [5, 5.41) is 0. The van der Waals surface area contributed by atoms with Gasteiger partial charge in [-0.1, -0.05) is 188 Å². The van der Waals surface area contributed by atoms with Gasteiger partial charge in [-0.3, -0.25) is 0 Å². The fourth-order valence-electron chi connectivity index (χ4n) is 5.89. The molecule has 0 unspecified atom stereocenters. The highest BCUT2D eigenvalue weighted by molar-refractivity contribution is 5.80. The third kappa shape index (κ3) is 8.34. The fourth-order valence-corrected chi connectivity index (χ4v) is 5.89. The van der Waals surface area contributed by atoms with Gasteiger partial charge in [0.2, 0.25) is 0 Å². The van der Waals surface area contributed by atoms with Crippen molar-refractivity contribution in [2.24, 2.45) is 0 Å². The summed E-state index contributed by atoms with van der Waals surface area (Å²) in [6.07, 6.45) is 13.0. The van der Waals surface area contributed by atoms with E-state index in [0.717, 1.165) is 22.6 Å². The van der Waals surface area contributed by atoms with E-state index >= 15 is 0 Å². The van der Waals surface area contributed by atoms with Gasteiger partial charge in [0.1, 0.15) is 0 Å². The van der Waals surface area contributed by atoms with Crippen LogP contribution in [0.15, 0.2) is 182 Å². The monoisotopic (exact) mass is 641 g/mol. The predicted octanol–water partition coefficient (Wildman–Crippen LogP) is 13.6. The Kier molecular flexibility index (Phi) is 10.0. The fraction of sp³-hybridized carbons (Fsp3) is 0.0204. The van der Waals surface area contributed by atoms with Crippen molar-refractivity contribution in [3.8, 4) is 11.1 Å². The van der Waals surface area contributed by atoms with Gasteiger partial charge in [0, 0.05) is 17.1 Å². The number of hydrogen-bond acceptors (Lipinski definition) is 1. The minimum absolute atomic E-state index is 1.12. The summed E-state index contributed by atoms with van der Waals surface area (Å²) in [5.41, 5.74) is 14.1. The number of nitrogens with zero attached hydrogens (tertiary/aromatic N) is 1. The zero-order chi connectivity index (χ0) is 34.0. The highest BCUT2D eigenvalue weighted by Crippen LogP contribution is 2.35. The van der Waals surface area contributed by atoms with Gasteiger partial charge in [-0.15, -0.1) is 0 Å². The summed E-state index contributed by atoms with van der Waals surface area (Å²) in [6, 6.07) is 64.5. The van der Waals surface area contributed by atoms with Crippen molar-refractivity contribution < 1.29 is 0 Å². The summed E-state index contributed by atoms with van der Waals surface area (Å²) in [5.74, 6) is 0. The molecule has 1 nitrogen and oxygen atoms in total. The smallest absolute Gasteiger partial charge is 0.0462 e. The molecule has 0 heterocycles. The van der Waals surface area contributed by atoms with Crippen molar-refractivity contribution in [2.45, 2.75) is 6.92 Å². The number of hydrogen-bond donors (Lipinski definition) is 0. The molecule has 0 aliphatic heterocycles. The molecule has 240 valence electrons. The van der Waals surface area contributed by atoms with E-state index in [2.05, 4.69) is 218 Å². The molecule has 7 aromatic rings. The van der Waals surface area contributed by atoms with Gasteiger partial charge < -0.3 is 4.90 Å². The summed E-state index contributed by atoms with van der Waals surface area (Å²) in [4.78, 5) is 2.31. The lowest BCUT2D eigenvalue weighted by Gasteiger charge is -2.26. The lowest BCUT2D eigenvalue weighted by atomic mass is 10.0. The van der Waals surface area contributed by atoms with E-state index < -0.39 is 0 Å². The van der Waals surface area contributed by atoms with E-state index in [9.17, 15) is 0 Å². The van der Waals surface area contributed by atoms with Gasteiger partial charge in [-0.25, -0.2) is 0 Å². The molecule has 0 amide bonds. The Morgan fingerprint density at radius 3 is 0.860 bits per heavy atom. The molecular weight excluding hydrogens is 603 g/mol. The topological polar surface area (TPSA) is 3.24 Å². The molecule has 0 fully saturated rings. The maximum atomic E-state index is 2.31. The lowest BCUT2D eigenvalue weighted by Crippen LogP contribution is -2.09. The number of aryl methyl sites for hydroxylation is 1. The Morgan fingerprint density at radius 1 is 0.280 bits per heavy atom. The first kappa shape index (κ1) is 32.1. The van der Waals surface area contributed by atoms with E-state index in [1.807, 2.05) is 12.1 Å². The molecule has 7 aromatic carbocycles. The first-order valence-electron chi connectivity index (χ1n) is 17.1. The SMILES string of the molecule is Cc1ccc(N(c2ccc(C=Cc3ccccc3)cc2)c2ccc(C=Cc3ccc(-c4ccc(C=Cc5ccccc5)cc4)cc3)cc2)cc1. The maximum Gasteiger partial charge on any atom is 0.0462 e. The summed E-state index contributed by atoms with van der Waals surface area (Å²) < 4.78 is 0. The molecular formula is C49H39N. The van der Waals surface area contributed by atoms with Crippen LogP contribution in [-0.4, -0.2) is 0 Å². The molecule has 0 N–H and O–H groups in total. The number of benzene rings is 7. The molecule has 0 saturated carbocycles. The summed E-state index contributed by atoms with van der Waals surface area (Å²) in [6.45, 7) is 2.12. The normalized spacial score (nSPS) is 11.5. The zero-order valence-electron chi connectivity index (χ0n) is 28.2. The second-order valence-electron chi connectivity index (χ2n) is 12.4. The van der Waals surface area contributed by atoms with Gasteiger partial charge in [0.25, 0.3) is 0 Å². The zero-order valence-corrected chi connectivity index (χ0v) is 28.2. The van der Waals surface area contributed by atoms with Crippen molar-refractivity contribution in [2.75, 3.05) is 4.90 Å². The highest BCUT2D eigenvalue weighted by Gasteiger charge is 2.12. The van der Waals surface area contributed by atoms with Gasteiger partial charge >= 0.3 is 0 Å². The third-order valence-electron chi connectivity index (χ3n) is 8.75. The molecule has 0 radical (unpaired) electrons.